The molecular weight excluding hydrogens is 417 g/mol. The number of halogens is 3. The fourth-order valence-corrected chi connectivity index (χ4v) is 4.81. The van der Waals surface area contributed by atoms with Crippen molar-refractivity contribution in [3.63, 3.8) is 0 Å². The quantitative estimate of drug-likeness (QED) is 0.679. The second-order valence-electron chi connectivity index (χ2n) is 6.90. The van der Waals surface area contributed by atoms with Gasteiger partial charge in [0.1, 0.15) is 0 Å². The molecule has 3 aromatic rings. The predicted molar refractivity (Wildman–Crippen MR) is 106 cm³/mol. The maximum absolute atomic E-state index is 12.9. The molecule has 0 bridgehead atoms. The molecule has 1 fully saturated rings. The first kappa shape index (κ1) is 20.4. The minimum atomic E-state index is -4.42. The van der Waals surface area contributed by atoms with Crippen LogP contribution in [0.3, 0.4) is 0 Å². The van der Waals surface area contributed by atoms with Crippen LogP contribution in [-0.4, -0.2) is 48.9 Å². The van der Waals surface area contributed by atoms with Gasteiger partial charge in [0.05, 0.1) is 22.3 Å². The van der Waals surface area contributed by atoms with Crippen LogP contribution in [0, 0.1) is 0 Å². The Hall–Kier alpha value is -2.85. The van der Waals surface area contributed by atoms with E-state index in [2.05, 4.69) is 9.97 Å². The number of nitrogens with zero attached hydrogens (tertiary/aromatic N) is 3. The molecule has 1 saturated heterocycles. The van der Waals surface area contributed by atoms with Gasteiger partial charge in [0, 0.05) is 31.7 Å². The Morgan fingerprint density at radius 3 is 2.30 bits per heavy atom. The van der Waals surface area contributed by atoms with E-state index < -0.39 is 21.8 Å². The lowest BCUT2D eigenvalue weighted by molar-refractivity contribution is -0.137. The number of aromatic nitrogens is 2. The zero-order valence-corrected chi connectivity index (χ0v) is 16.6. The highest BCUT2D eigenvalue weighted by molar-refractivity contribution is 7.89. The molecule has 4 rings (SSSR count). The Labute approximate surface area is 172 Å². The first-order chi connectivity index (χ1) is 14.2. The molecule has 158 valence electrons. The number of imidazole rings is 1. The molecule has 0 saturated carbocycles. The van der Waals surface area contributed by atoms with Crippen molar-refractivity contribution in [1.29, 1.82) is 0 Å². The maximum Gasteiger partial charge on any atom is 0.416 e. The van der Waals surface area contributed by atoms with Gasteiger partial charge in [0.15, 0.2) is 0 Å². The van der Waals surface area contributed by atoms with Crippen molar-refractivity contribution in [3.8, 4) is 11.3 Å². The normalized spacial score (nSPS) is 16.0. The van der Waals surface area contributed by atoms with Crippen molar-refractivity contribution in [2.24, 2.45) is 0 Å². The molecular formula is C20H19F3N4O2S. The molecule has 2 heterocycles. The van der Waals surface area contributed by atoms with Crippen LogP contribution in [0.2, 0.25) is 0 Å². The number of anilines is 1. The summed E-state index contributed by atoms with van der Waals surface area (Å²) in [4.78, 5) is 9.45. The van der Waals surface area contributed by atoms with Crippen LogP contribution in [0.25, 0.3) is 11.3 Å². The lowest BCUT2D eigenvalue weighted by atomic mass is 10.1. The Bertz CT molecular complexity index is 1120. The summed E-state index contributed by atoms with van der Waals surface area (Å²) in [6, 6.07) is 13.3. The molecule has 10 heteroatoms. The van der Waals surface area contributed by atoms with E-state index >= 15 is 0 Å². The lowest BCUT2D eigenvalue weighted by Crippen LogP contribution is -2.49. The molecule has 1 N–H and O–H groups in total. The number of hydrogen-bond acceptors (Lipinski definition) is 4. The van der Waals surface area contributed by atoms with Crippen molar-refractivity contribution >= 4 is 16.0 Å². The van der Waals surface area contributed by atoms with Gasteiger partial charge in [-0.15, -0.1) is 0 Å². The third-order valence-electron chi connectivity index (χ3n) is 4.98. The van der Waals surface area contributed by atoms with Crippen LogP contribution in [0.5, 0.6) is 0 Å². The predicted octanol–water partition coefficient (Wildman–Crippen LogP) is 3.61. The van der Waals surface area contributed by atoms with Gasteiger partial charge in [-0.2, -0.15) is 17.5 Å². The van der Waals surface area contributed by atoms with Gasteiger partial charge < -0.3 is 9.88 Å². The zero-order chi connectivity index (χ0) is 21.4. The van der Waals surface area contributed by atoms with E-state index in [0.29, 0.717) is 30.3 Å². The van der Waals surface area contributed by atoms with E-state index in [1.807, 2.05) is 4.90 Å². The average Bonchev–Trinajstić information content (AvgIpc) is 3.24. The standard InChI is InChI=1S/C20H19F3N4O2S/c21-20(22,23)16-6-4-5-15(13-16)18-14-24-19(25-18)26-9-11-27(12-10-26)30(28,29)17-7-2-1-3-8-17/h1-8,13-14H,9-12H2,(H,24,25). The summed E-state index contributed by atoms with van der Waals surface area (Å²) in [6.07, 6.45) is -2.93. The number of benzene rings is 2. The molecule has 2 aromatic carbocycles. The van der Waals surface area contributed by atoms with E-state index in [0.717, 1.165) is 12.1 Å². The Morgan fingerprint density at radius 1 is 0.933 bits per heavy atom. The number of rotatable bonds is 4. The Morgan fingerprint density at radius 2 is 1.63 bits per heavy atom. The minimum absolute atomic E-state index is 0.253. The van der Waals surface area contributed by atoms with E-state index in [-0.39, 0.29) is 18.0 Å². The molecule has 0 amide bonds. The third kappa shape index (κ3) is 4.05. The molecule has 0 aliphatic carbocycles. The van der Waals surface area contributed by atoms with Crippen LogP contribution in [0.15, 0.2) is 65.7 Å². The number of piperazine rings is 1. The molecule has 1 aliphatic rings. The molecule has 1 aromatic heterocycles. The minimum Gasteiger partial charge on any atom is -0.340 e. The van der Waals surface area contributed by atoms with Crippen molar-refractivity contribution in [3.05, 3.63) is 66.4 Å². The lowest BCUT2D eigenvalue weighted by Gasteiger charge is -2.33. The van der Waals surface area contributed by atoms with Gasteiger partial charge in [-0.05, 0) is 24.3 Å². The average molecular weight is 436 g/mol. The fraction of sp³-hybridized carbons (Fsp3) is 0.250. The molecule has 0 unspecified atom stereocenters. The van der Waals surface area contributed by atoms with Gasteiger partial charge in [-0.25, -0.2) is 13.4 Å². The summed E-state index contributed by atoms with van der Waals surface area (Å²) in [7, 11) is -3.55. The van der Waals surface area contributed by atoms with Gasteiger partial charge in [-0.1, -0.05) is 30.3 Å². The number of aromatic amines is 1. The summed E-state index contributed by atoms with van der Waals surface area (Å²) in [5, 5.41) is 0. The van der Waals surface area contributed by atoms with Gasteiger partial charge in [0.2, 0.25) is 16.0 Å². The first-order valence-corrected chi connectivity index (χ1v) is 10.7. The molecule has 0 spiro atoms. The third-order valence-corrected chi connectivity index (χ3v) is 6.90. The van der Waals surface area contributed by atoms with Crippen molar-refractivity contribution in [1.82, 2.24) is 14.3 Å². The van der Waals surface area contributed by atoms with Gasteiger partial charge in [0.25, 0.3) is 0 Å². The summed E-state index contributed by atoms with van der Waals surface area (Å²) >= 11 is 0. The highest BCUT2D eigenvalue weighted by Crippen LogP contribution is 2.32. The van der Waals surface area contributed by atoms with E-state index in [9.17, 15) is 21.6 Å². The van der Waals surface area contributed by atoms with Crippen molar-refractivity contribution in [2.45, 2.75) is 11.1 Å². The number of nitrogens with one attached hydrogen (secondary N) is 1. The molecule has 6 nitrogen and oxygen atoms in total. The second-order valence-corrected chi connectivity index (χ2v) is 8.84. The summed E-state index contributed by atoms with van der Waals surface area (Å²) in [5.41, 5.74) is 0.125. The highest BCUT2D eigenvalue weighted by atomic mass is 32.2. The van der Waals surface area contributed by atoms with E-state index in [1.54, 1.807) is 36.4 Å². The molecule has 0 radical (unpaired) electrons. The molecule has 1 aliphatic heterocycles. The first-order valence-electron chi connectivity index (χ1n) is 9.28. The summed E-state index contributed by atoms with van der Waals surface area (Å²) in [5.74, 6) is 0.499. The number of hydrogen-bond donors (Lipinski definition) is 1. The molecule has 30 heavy (non-hydrogen) atoms. The zero-order valence-electron chi connectivity index (χ0n) is 15.8. The number of alkyl halides is 3. The SMILES string of the molecule is O=S(=O)(c1ccccc1)N1CCN(c2ncc(-c3cccc(C(F)(F)F)c3)[nH]2)CC1. The molecule has 0 atom stereocenters. The van der Waals surface area contributed by atoms with Crippen LogP contribution in [0.1, 0.15) is 5.56 Å². The number of H-pyrrole nitrogens is 1. The Kier molecular flexibility index (Phi) is 5.29. The summed E-state index contributed by atoms with van der Waals surface area (Å²) < 4.78 is 65.7. The van der Waals surface area contributed by atoms with Gasteiger partial charge in [-0.3, -0.25) is 0 Å². The monoisotopic (exact) mass is 436 g/mol. The fourth-order valence-electron chi connectivity index (χ4n) is 3.36. The smallest absolute Gasteiger partial charge is 0.340 e. The van der Waals surface area contributed by atoms with Crippen LogP contribution < -0.4 is 4.90 Å². The summed E-state index contributed by atoms with van der Waals surface area (Å²) in [6.45, 7) is 1.41. The van der Waals surface area contributed by atoms with E-state index in [4.69, 9.17) is 0 Å². The largest absolute Gasteiger partial charge is 0.416 e. The van der Waals surface area contributed by atoms with Crippen LogP contribution in [0.4, 0.5) is 19.1 Å². The number of sulfonamides is 1. The van der Waals surface area contributed by atoms with E-state index in [1.165, 1.54) is 16.6 Å². The van der Waals surface area contributed by atoms with Gasteiger partial charge >= 0.3 is 6.18 Å². The highest BCUT2D eigenvalue weighted by Gasteiger charge is 2.31. The van der Waals surface area contributed by atoms with Crippen molar-refractivity contribution in [2.75, 3.05) is 31.1 Å². The maximum atomic E-state index is 12.9. The second kappa shape index (κ2) is 7.77. The topological polar surface area (TPSA) is 69.3 Å². The van der Waals surface area contributed by atoms with Crippen molar-refractivity contribution < 1.29 is 21.6 Å². The van der Waals surface area contributed by atoms with Crippen LogP contribution in [-0.2, 0) is 16.2 Å². The Balaban J connectivity index is 1.46. The van der Waals surface area contributed by atoms with Crippen LogP contribution >= 0.6 is 0 Å².